The number of carbonyl (C=O) groups is 1. The minimum Gasteiger partial charge on any atom is -0.469 e. The monoisotopic (exact) mass is 285 g/mol. The molecule has 6 heteroatoms. The van der Waals surface area contributed by atoms with Gasteiger partial charge in [-0.05, 0) is 29.8 Å². The number of hydrogen-bond donors (Lipinski definition) is 1. The van der Waals surface area contributed by atoms with Crippen molar-refractivity contribution in [1.29, 1.82) is 0 Å². The van der Waals surface area contributed by atoms with Gasteiger partial charge in [-0.3, -0.25) is 4.79 Å². The van der Waals surface area contributed by atoms with Crippen LogP contribution >= 0.6 is 0 Å². The molecule has 1 aromatic rings. The van der Waals surface area contributed by atoms with Crippen molar-refractivity contribution >= 4 is 12.0 Å². The molecule has 0 amide bonds. The van der Waals surface area contributed by atoms with Crippen LogP contribution < -0.4 is 5.32 Å². The Hall–Kier alpha value is -2.24. The molecular formula is C14H14F3NO2. The van der Waals surface area contributed by atoms with Crippen LogP contribution in [0.1, 0.15) is 18.1 Å². The molecule has 0 saturated carbocycles. The number of esters is 1. The molecule has 0 bridgehead atoms. The van der Waals surface area contributed by atoms with Crippen LogP contribution in [0.15, 0.2) is 42.2 Å². The average molecular weight is 285 g/mol. The molecule has 0 saturated heterocycles. The van der Waals surface area contributed by atoms with Crippen LogP contribution in [0.3, 0.4) is 0 Å². The van der Waals surface area contributed by atoms with Crippen molar-refractivity contribution in [2.45, 2.75) is 13.1 Å². The molecule has 0 unspecified atom stereocenters. The number of rotatable bonds is 1. The maximum Gasteiger partial charge on any atom is 0.416 e. The zero-order valence-electron chi connectivity index (χ0n) is 11.0. The van der Waals surface area contributed by atoms with E-state index in [-0.39, 0.29) is 5.97 Å². The van der Waals surface area contributed by atoms with Crippen molar-refractivity contribution in [2.75, 3.05) is 7.11 Å². The van der Waals surface area contributed by atoms with Crippen LogP contribution in [0.2, 0.25) is 0 Å². The molecule has 0 atom stereocenters. The summed E-state index contributed by atoms with van der Waals surface area (Å²) in [6.45, 7) is 1.36. The molecule has 0 fully saturated rings. The second-order valence-electron chi connectivity index (χ2n) is 3.89. The number of carbonyl (C=O) groups excluding carboxylic acids is 1. The van der Waals surface area contributed by atoms with E-state index >= 15 is 0 Å². The predicted molar refractivity (Wildman–Crippen MR) is 69.4 cm³/mol. The van der Waals surface area contributed by atoms with Gasteiger partial charge in [0.15, 0.2) is 0 Å². The molecule has 1 aliphatic rings. The third-order valence-electron chi connectivity index (χ3n) is 2.36. The van der Waals surface area contributed by atoms with Gasteiger partial charge in [-0.25, -0.2) is 0 Å². The van der Waals surface area contributed by atoms with E-state index in [1.165, 1.54) is 26.2 Å². The lowest BCUT2D eigenvalue weighted by Gasteiger charge is -2.10. The summed E-state index contributed by atoms with van der Waals surface area (Å²) in [5.74, 6) is -0.245. The summed E-state index contributed by atoms with van der Waals surface area (Å²) in [6.07, 6.45) is 1.12. The van der Waals surface area contributed by atoms with E-state index < -0.39 is 11.7 Å². The highest BCUT2D eigenvalue weighted by atomic mass is 19.4. The minimum absolute atomic E-state index is 0.245. The molecule has 0 aliphatic carbocycles. The largest absolute Gasteiger partial charge is 0.469 e. The summed E-state index contributed by atoms with van der Waals surface area (Å²) in [6, 6.07) is 5.05. The van der Waals surface area contributed by atoms with Gasteiger partial charge in [-0.2, -0.15) is 13.2 Å². The smallest absolute Gasteiger partial charge is 0.416 e. The maximum atomic E-state index is 12.2. The number of alkyl halides is 3. The highest BCUT2D eigenvalue weighted by molar-refractivity contribution is 5.65. The Bertz CT molecular complexity index is 516. The van der Waals surface area contributed by atoms with Crippen molar-refractivity contribution in [3.63, 3.8) is 0 Å². The summed E-state index contributed by atoms with van der Waals surface area (Å²) in [4.78, 5) is 9.59. The number of halogens is 3. The molecule has 0 radical (unpaired) electrons. The zero-order valence-corrected chi connectivity index (χ0v) is 11.0. The average Bonchev–Trinajstić information content (AvgIpc) is 2.34. The van der Waals surface area contributed by atoms with Crippen LogP contribution in [-0.4, -0.2) is 13.1 Å². The van der Waals surface area contributed by atoms with Crippen LogP contribution in [0.4, 0.5) is 13.2 Å². The van der Waals surface area contributed by atoms with E-state index in [0.717, 1.165) is 23.4 Å². The predicted octanol–water partition coefficient (Wildman–Crippen LogP) is 3.34. The van der Waals surface area contributed by atoms with Gasteiger partial charge in [0, 0.05) is 18.8 Å². The van der Waals surface area contributed by atoms with Crippen LogP contribution in [-0.2, 0) is 15.7 Å². The topological polar surface area (TPSA) is 38.3 Å². The van der Waals surface area contributed by atoms with Gasteiger partial charge in [-0.15, -0.1) is 0 Å². The van der Waals surface area contributed by atoms with Gasteiger partial charge >= 0.3 is 12.1 Å². The molecule has 1 aromatic carbocycles. The van der Waals surface area contributed by atoms with Gasteiger partial charge in [0.2, 0.25) is 0 Å². The van der Waals surface area contributed by atoms with Crippen molar-refractivity contribution in [1.82, 2.24) is 5.32 Å². The fraction of sp³-hybridized carbons (Fsp3) is 0.214. The van der Waals surface area contributed by atoms with Gasteiger partial charge in [0.05, 0.1) is 12.7 Å². The third kappa shape index (κ3) is 5.17. The molecule has 1 N–H and O–H groups in total. The highest BCUT2D eigenvalue weighted by Gasteiger charge is 2.29. The summed E-state index contributed by atoms with van der Waals surface area (Å²) in [7, 11) is 1.35. The summed E-state index contributed by atoms with van der Waals surface area (Å²) in [5.41, 5.74) is 1.02. The molecule has 20 heavy (non-hydrogen) atoms. The summed E-state index contributed by atoms with van der Waals surface area (Å²) < 4.78 is 40.8. The Kier molecular flexibility index (Phi) is 5.37. The maximum absolute atomic E-state index is 12.2. The van der Waals surface area contributed by atoms with E-state index in [1.807, 2.05) is 6.08 Å². The van der Waals surface area contributed by atoms with Gasteiger partial charge in [0.1, 0.15) is 0 Å². The van der Waals surface area contributed by atoms with E-state index in [4.69, 9.17) is 0 Å². The molecule has 3 nitrogen and oxygen atoms in total. The Balaban J connectivity index is 0.000000347. The molecule has 0 aromatic heterocycles. The Morgan fingerprint density at radius 2 is 1.75 bits per heavy atom. The van der Waals surface area contributed by atoms with Crippen molar-refractivity contribution in [2.24, 2.45) is 0 Å². The molecule has 1 aliphatic heterocycles. The van der Waals surface area contributed by atoms with Crippen molar-refractivity contribution in [3.8, 4) is 0 Å². The normalized spacial score (nSPS) is 14.8. The lowest BCUT2D eigenvalue weighted by Crippen LogP contribution is -2.10. The van der Waals surface area contributed by atoms with Crippen molar-refractivity contribution < 1.29 is 22.7 Å². The SMILES string of the molecule is COC(C)=O.FC(F)(F)c1ccc(C=C2C=CN2)cc1. The standard InChI is InChI=1S/C11H8F3N.C3H6O2/c12-11(13,14)9-3-1-8(2-4-9)7-10-5-6-15-10;1-3(4)5-2/h1-7,15H;1-2H3. The number of hydrogen-bond acceptors (Lipinski definition) is 3. The lowest BCUT2D eigenvalue weighted by molar-refractivity contribution is -0.138. The fourth-order valence-corrected chi connectivity index (χ4v) is 1.22. The molecule has 2 rings (SSSR count). The first-order valence-electron chi connectivity index (χ1n) is 5.69. The van der Waals surface area contributed by atoms with Gasteiger partial charge in [0.25, 0.3) is 0 Å². The third-order valence-corrected chi connectivity index (χ3v) is 2.36. The number of methoxy groups -OCH3 is 1. The molecular weight excluding hydrogens is 271 g/mol. The van der Waals surface area contributed by atoms with Gasteiger partial charge in [-0.1, -0.05) is 12.1 Å². The first kappa shape index (κ1) is 15.8. The summed E-state index contributed by atoms with van der Waals surface area (Å²) in [5, 5.41) is 2.90. The number of nitrogens with one attached hydrogen (secondary N) is 1. The zero-order chi connectivity index (χ0) is 15.2. The highest BCUT2D eigenvalue weighted by Crippen LogP contribution is 2.29. The minimum atomic E-state index is -4.26. The first-order valence-corrected chi connectivity index (χ1v) is 5.69. The Morgan fingerprint density at radius 1 is 1.25 bits per heavy atom. The van der Waals surface area contributed by atoms with Gasteiger partial charge < -0.3 is 10.1 Å². The Labute approximate surface area is 114 Å². The Morgan fingerprint density at radius 3 is 2.05 bits per heavy atom. The number of benzene rings is 1. The number of ether oxygens (including phenoxy) is 1. The fourth-order valence-electron chi connectivity index (χ4n) is 1.22. The molecule has 0 spiro atoms. The summed E-state index contributed by atoms with van der Waals surface area (Å²) >= 11 is 0. The van der Waals surface area contributed by atoms with E-state index in [1.54, 1.807) is 12.3 Å². The first-order chi connectivity index (χ1) is 9.32. The van der Waals surface area contributed by atoms with Crippen LogP contribution in [0.5, 0.6) is 0 Å². The van der Waals surface area contributed by atoms with Crippen molar-refractivity contribution in [3.05, 3.63) is 53.4 Å². The van der Waals surface area contributed by atoms with Crippen LogP contribution in [0, 0.1) is 0 Å². The molecule has 1 heterocycles. The molecule has 108 valence electrons. The van der Waals surface area contributed by atoms with E-state index in [0.29, 0.717) is 0 Å². The van der Waals surface area contributed by atoms with E-state index in [2.05, 4.69) is 10.1 Å². The van der Waals surface area contributed by atoms with E-state index in [9.17, 15) is 18.0 Å². The van der Waals surface area contributed by atoms with Crippen LogP contribution in [0.25, 0.3) is 6.08 Å². The quantitative estimate of drug-likeness (QED) is 0.804. The lowest BCUT2D eigenvalue weighted by atomic mass is 10.1. The number of allylic oxidation sites excluding steroid dienone is 1. The second kappa shape index (κ2) is 6.79. The second-order valence-corrected chi connectivity index (χ2v) is 3.89.